The molecule has 4 heteroatoms. The minimum Gasteiger partial charge on any atom is -0.399 e. The Balaban J connectivity index is 2.32. The van der Waals surface area contributed by atoms with Crippen molar-refractivity contribution in [2.24, 2.45) is 0 Å². The summed E-state index contributed by atoms with van der Waals surface area (Å²) in [4.78, 5) is 2.22. The molecule has 3 nitrogen and oxygen atoms in total. The molecule has 0 aliphatic carbocycles. The van der Waals surface area contributed by atoms with E-state index in [0.29, 0.717) is 0 Å². The van der Waals surface area contributed by atoms with E-state index in [0.717, 1.165) is 5.46 Å². The van der Waals surface area contributed by atoms with Crippen LogP contribution in [0.1, 0.15) is 47.1 Å². The molecule has 1 aliphatic heterocycles. The molecule has 0 amide bonds. The van der Waals surface area contributed by atoms with Gasteiger partial charge in [0.25, 0.3) is 0 Å². The van der Waals surface area contributed by atoms with E-state index < -0.39 is 0 Å². The fraction of sp³-hybridized carbons (Fsp3) is 0.647. The van der Waals surface area contributed by atoms with Crippen LogP contribution in [0.5, 0.6) is 0 Å². The topological polar surface area (TPSA) is 21.7 Å². The SMILES string of the molecule is CN(C)C(C)(C)c1cccc(B2OC(C)(C)C(C)(C)O2)c1. The van der Waals surface area contributed by atoms with Gasteiger partial charge in [-0.15, -0.1) is 0 Å². The molecule has 0 unspecified atom stereocenters. The summed E-state index contributed by atoms with van der Waals surface area (Å²) in [5.74, 6) is 0. The van der Waals surface area contributed by atoms with Crippen molar-refractivity contribution in [3.63, 3.8) is 0 Å². The van der Waals surface area contributed by atoms with Crippen LogP contribution >= 0.6 is 0 Å². The molecule has 1 aliphatic rings. The van der Waals surface area contributed by atoms with Crippen molar-refractivity contribution >= 4 is 12.6 Å². The van der Waals surface area contributed by atoms with E-state index in [9.17, 15) is 0 Å². The van der Waals surface area contributed by atoms with Crippen LogP contribution < -0.4 is 5.46 Å². The van der Waals surface area contributed by atoms with Crippen LogP contribution in [0.15, 0.2) is 24.3 Å². The zero-order valence-corrected chi connectivity index (χ0v) is 14.7. The predicted molar refractivity (Wildman–Crippen MR) is 88.9 cm³/mol. The van der Waals surface area contributed by atoms with Crippen molar-refractivity contribution in [1.82, 2.24) is 4.90 Å². The summed E-state index contributed by atoms with van der Waals surface area (Å²) in [6.45, 7) is 12.8. The molecule has 0 spiro atoms. The molecule has 1 aromatic carbocycles. The van der Waals surface area contributed by atoms with Crippen LogP contribution in [-0.2, 0) is 14.8 Å². The number of rotatable bonds is 3. The van der Waals surface area contributed by atoms with Gasteiger partial charge in [-0.05, 0) is 66.7 Å². The Labute approximate surface area is 129 Å². The minimum absolute atomic E-state index is 0.0281. The molecule has 21 heavy (non-hydrogen) atoms. The second kappa shape index (κ2) is 5.11. The van der Waals surface area contributed by atoms with Gasteiger partial charge in [-0.25, -0.2) is 0 Å². The van der Waals surface area contributed by atoms with E-state index in [-0.39, 0.29) is 23.9 Å². The largest absolute Gasteiger partial charge is 0.494 e. The fourth-order valence-corrected chi connectivity index (χ4v) is 2.30. The highest BCUT2D eigenvalue weighted by Gasteiger charge is 2.51. The molecule has 1 fully saturated rings. The molecule has 1 saturated heterocycles. The smallest absolute Gasteiger partial charge is 0.399 e. The van der Waals surface area contributed by atoms with Gasteiger partial charge in [-0.1, -0.05) is 24.3 Å². The lowest BCUT2D eigenvalue weighted by Gasteiger charge is -2.33. The Morgan fingerprint density at radius 3 is 2.00 bits per heavy atom. The standard InChI is InChI=1S/C17H28BNO2/c1-15(2,19(7)8)13-10-9-11-14(12-13)18-20-16(3,4)17(5,6)21-18/h9-12H,1-8H3. The Bertz CT molecular complexity index is 507. The van der Waals surface area contributed by atoms with Gasteiger partial charge in [-0.2, -0.15) is 0 Å². The molecule has 1 aromatic rings. The summed E-state index contributed by atoms with van der Waals surface area (Å²) < 4.78 is 12.3. The lowest BCUT2D eigenvalue weighted by molar-refractivity contribution is 0.00578. The van der Waals surface area contributed by atoms with Crippen molar-refractivity contribution in [3.8, 4) is 0 Å². The highest BCUT2D eigenvalue weighted by Crippen LogP contribution is 2.36. The molecule has 0 saturated carbocycles. The molecular weight excluding hydrogens is 261 g/mol. The molecule has 116 valence electrons. The summed E-state index contributed by atoms with van der Waals surface area (Å²) in [6, 6.07) is 8.52. The van der Waals surface area contributed by atoms with Crippen molar-refractivity contribution in [2.45, 2.75) is 58.3 Å². The maximum atomic E-state index is 6.14. The van der Waals surface area contributed by atoms with Gasteiger partial charge in [-0.3, -0.25) is 0 Å². The zero-order chi connectivity index (χ0) is 16.1. The monoisotopic (exact) mass is 289 g/mol. The number of benzene rings is 1. The molecule has 0 radical (unpaired) electrons. The first-order chi connectivity index (χ1) is 9.47. The highest BCUT2D eigenvalue weighted by molar-refractivity contribution is 6.62. The van der Waals surface area contributed by atoms with Gasteiger partial charge >= 0.3 is 7.12 Å². The quantitative estimate of drug-likeness (QED) is 0.799. The maximum absolute atomic E-state index is 6.14. The van der Waals surface area contributed by atoms with Crippen LogP contribution in [0.3, 0.4) is 0 Å². The normalized spacial score (nSPS) is 21.1. The highest BCUT2D eigenvalue weighted by atomic mass is 16.7. The van der Waals surface area contributed by atoms with E-state index >= 15 is 0 Å². The first kappa shape index (κ1) is 16.5. The summed E-state index contributed by atoms with van der Waals surface area (Å²) in [6.07, 6.45) is 0. The van der Waals surface area contributed by atoms with Gasteiger partial charge in [0.05, 0.1) is 11.2 Å². The van der Waals surface area contributed by atoms with Crippen molar-refractivity contribution in [3.05, 3.63) is 29.8 Å². The summed E-state index contributed by atoms with van der Waals surface area (Å²) >= 11 is 0. The van der Waals surface area contributed by atoms with Crippen LogP contribution in [0.25, 0.3) is 0 Å². The summed E-state index contributed by atoms with van der Waals surface area (Å²) in [5.41, 5.74) is 1.72. The summed E-state index contributed by atoms with van der Waals surface area (Å²) in [7, 11) is 3.90. The lowest BCUT2D eigenvalue weighted by atomic mass is 9.76. The molecule has 0 atom stereocenters. The maximum Gasteiger partial charge on any atom is 0.494 e. The molecular formula is C17H28BNO2. The van der Waals surface area contributed by atoms with Crippen molar-refractivity contribution in [1.29, 1.82) is 0 Å². The van der Waals surface area contributed by atoms with E-state index in [1.807, 2.05) is 0 Å². The van der Waals surface area contributed by atoms with Gasteiger partial charge in [0.1, 0.15) is 0 Å². The fourth-order valence-electron chi connectivity index (χ4n) is 2.30. The number of hydrogen-bond acceptors (Lipinski definition) is 3. The van der Waals surface area contributed by atoms with E-state index in [4.69, 9.17) is 9.31 Å². The van der Waals surface area contributed by atoms with Crippen LogP contribution in [-0.4, -0.2) is 37.3 Å². The molecule has 0 bridgehead atoms. The first-order valence-corrected chi connectivity index (χ1v) is 7.61. The van der Waals surface area contributed by atoms with E-state index in [2.05, 4.69) is 84.8 Å². The lowest BCUT2D eigenvalue weighted by Crippen LogP contribution is -2.41. The third-order valence-corrected chi connectivity index (χ3v) is 5.24. The van der Waals surface area contributed by atoms with E-state index in [1.165, 1.54) is 5.56 Å². The average molecular weight is 289 g/mol. The van der Waals surface area contributed by atoms with Crippen LogP contribution in [0.4, 0.5) is 0 Å². The van der Waals surface area contributed by atoms with Gasteiger partial charge in [0, 0.05) is 5.54 Å². The summed E-state index contributed by atoms with van der Waals surface area (Å²) in [5, 5.41) is 0. The third-order valence-electron chi connectivity index (χ3n) is 5.24. The van der Waals surface area contributed by atoms with Gasteiger partial charge < -0.3 is 14.2 Å². The molecule has 0 aromatic heterocycles. The van der Waals surface area contributed by atoms with Gasteiger partial charge in [0.15, 0.2) is 0 Å². The molecule has 2 rings (SSSR count). The van der Waals surface area contributed by atoms with Crippen molar-refractivity contribution < 1.29 is 9.31 Å². The van der Waals surface area contributed by atoms with Crippen LogP contribution in [0.2, 0.25) is 0 Å². The van der Waals surface area contributed by atoms with Crippen LogP contribution in [0, 0.1) is 0 Å². The predicted octanol–water partition coefficient (Wildman–Crippen LogP) is 2.78. The van der Waals surface area contributed by atoms with Crippen molar-refractivity contribution in [2.75, 3.05) is 14.1 Å². The number of nitrogens with zero attached hydrogens (tertiary/aromatic N) is 1. The Hall–Kier alpha value is -0.835. The third kappa shape index (κ3) is 2.89. The van der Waals surface area contributed by atoms with E-state index in [1.54, 1.807) is 0 Å². The zero-order valence-electron chi connectivity index (χ0n) is 14.7. The Morgan fingerprint density at radius 1 is 1.00 bits per heavy atom. The van der Waals surface area contributed by atoms with Gasteiger partial charge in [0.2, 0.25) is 0 Å². The second-order valence-corrected chi connectivity index (χ2v) is 7.67. The molecule has 0 N–H and O–H groups in total. The Morgan fingerprint density at radius 2 is 1.52 bits per heavy atom. The first-order valence-electron chi connectivity index (χ1n) is 7.61. The second-order valence-electron chi connectivity index (χ2n) is 7.67. The average Bonchev–Trinajstić information content (AvgIpc) is 2.58. The minimum atomic E-state index is -0.301. The molecule has 1 heterocycles. The number of hydrogen-bond donors (Lipinski definition) is 0. The Kier molecular flexibility index (Phi) is 4.03.